The Morgan fingerprint density at radius 1 is 1.38 bits per heavy atom. The predicted octanol–water partition coefficient (Wildman–Crippen LogP) is 5.78. The van der Waals surface area contributed by atoms with Gasteiger partial charge in [0.2, 0.25) is 0 Å². The van der Waals surface area contributed by atoms with E-state index in [9.17, 15) is 9.65 Å². The minimum atomic E-state index is -0.571. The van der Waals surface area contributed by atoms with Crippen molar-refractivity contribution in [1.29, 1.82) is 5.26 Å². The maximum absolute atomic E-state index is 14.8. The van der Waals surface area contributed by atoms with Crippen molar-refractivity contribution < 1.29 is 4.39 Å². The Hall–Kier alpha value is -3.14. The second-order valence-electron chi connectivity index (χ2n) is 8.91. The predicted molar refractivity (Wildman–Crippen MR) is 133 cm³/mol. The molecule has 1 heterocycles. The zero-order chi connectivity index (χ0) is 24.3. The van der Waals surface area contributed by atoms with E-state index in [2.05, 4.69) is 53.3 Å². The molecule has 1 rings (SSSR count). The number of allylic oxidation sites excluding steroid dienone is 4. The van der Waals surface area contributed by atoms with E-state index in [-0.39, 0.29) is 34.7 Å². The second-order valence-corrected chi connectivity index (χ2v) is 8.91. The fraction of sp³-hybridized carbons (Fsp3) is 0.480. The summed E-state index contributed by atoms with van der Waals surface area (Å²) in [6.07, 6.45) is 8.64. The minimum absolute atomic E-state index is 0.00218. The molecule has 3 N–H and O–H groups in total. The fourth-order valence-electron chi connectivity index (χ4n) is 3.25. The Balaban J connectivity index is 3.14. The van der Waals surface area contributed by atoms with Gasteiger partial charge in [-0.2, -0.15) is 5.26 Å². The molecule has 1 unspecified atom stereocenters. The van der Waals surface area contributed by atoms with E-state index in [1.54, 1.807) is 19.3 Å². The van der Waals surface area contributed by atoms with Crippen molar-refractivity contribution in [1.82, 2.24) is 10.3 Å². The largest absolute Gasteiger partial charge is 0.384 e. The molecule has 0 fully saturated rings. The molecule has 2 atom stereocenters. The Kier molecular flexibility index (Phi) is 10.6. The first-order valence-electron chi connectivity index (χ1n) is 10.9. The van der Waals surface area contributed by atoms with Gasteiger partial charge >= 0.3 is 0 Å². The topological polar surface area (TPSA) is 85.1 Å². The van der Waals surface area contributed by atoms with Crippen LogP contribution < -0.4 is 16.0 Å². The van der Waals surface area contributed by atoms with Gasteiger partial charge in [-0.3, -0.25) is 4.99 Å². The Bertz CT molecular complexity index is 902. The van der Waals surface area contributed by atoms with Crippen molar-refractivity contribution in [3.8, 4) is 6.07 Å². The highest BCUT2D eigenvalue weighted by Crippen LogP contribution is 2.24. The molecule has 7 heteroatoms. The lowest BCUT2D eigenvalue weighted by atomic mass is 9.90. The molecule has 0 aliphatic heterocycles. The number of aromatic nitrogens is 1. The molecule has 0 aliphatic rings. The Morgan fingerprint density at radius 2 is 2.06 bits per heavy atom. The molecule has 0 bridgehead atoms. The maximum Gasteiger partial charge on any atom is 0.166 e. The van der Waals surface area contributed by atoms with Gasteiger partial charge in [-0.15, -0.1) is 0 Å². The monoisotopic (exact) mass is 440 g/mol. The third kappa shape index (κ3) is 8.93. The van der Waals surface area contributed by atoms with E-state index in [4.69, 9.17) is 0 Å². The molecule has 0 radical (unpaired) electrons. The van der Waals surface area contributed by atoms with E-state index < -0.39 is 5.82 Å². The first kappa shape index (κ1) is 26.9. The average Bonchev–Trinajstić information content (AvgIpc) is 2.70. The van der Waals surface area contributed by atoms with Gasteiger partial charge in [-0.1, -0.05) is 40.3 Å². The van der Waals surface area contributed by atoms with Crippen LogP contribution in [0.1, 0.15) is 59.9 Å². The zero-order valence-electron chi connectivity index (χ0n) is 20.4. The first-order chi connectivity index (χ1) is 15.0. The van der Waals surface area contributed by atoms with Crippen molar-refractivity contribution >= 4 is 17.9 Å². The molecule has 32 heavy (non-hydrogen) atoms. The van der Waals surface area contributed by atoms with Crippen LogP contribution >= 0.6 is 0 Å². The summed E-state index contributed by atoms with van der Waals surface area (Å²) in [5, 5.41) is 19.2. The van der Waals surface area contributed by atoms with E-state index >= 15 is 0 Å². The first-order valence-corrected chi connectivity index (χ1v) is 10.9. The summed E-state index contributed by atoms with van der Waals surface area (Å²) in [7, 11) is 1.67. The summed E-state index contributed by atoms with van der Waals surface area (Å²) in [5.41, 5.74) is 1.87. The van der Waals surface area contributed by atoms with E-state index in [0.717, 1.165) is 18.5 Å². The van der Waals surface area contributed by atoms with Gasteiger partial charge in [-0.25, -0.2) is 9.37 Å². The van der Waals surface area contributed by atoms with Crippen molar-refractivity contribution in [2.24, 2.45) is 10.4 Å². The maximum atomic E-state index is 14.8. The van der Waals surface area contributed by atoms with Gasteiger partial charge in [0.05, 0.1) is 5.56 Å². The third-order valence-corrected chi connectivity index (χ3v) is 4.65. The summed E-state index contributed by atoms with van der Waals surface area (Å²) in [5.74, 6) is -0.201. The summed E-state index contributed by atoms with van der Waals surface area (Å²) in [4.78, 5) is 8.33. The Morgan fingerprint density at radius 3 is 2.59 bits per heavy atom. The molecular weight excluding hydrogens is 403 g/mol. The smallest absolute Gasteiger partial charge is 0.166 e. The molecule has 1 aromatic heterocycles. The summed E-state index contributed by atoms with van der Waals surface area (Å²) in [6.45, 7) is 16.6. The molecule has 0 aromatic carbocycles. The molecule has 0 amide bonds. The van der Waals surface area contributed by atoms with Crippen LogP contribution in [0.15, 0.2) is 47.3 Å². The number of halogens is 1. The van der Waals surface area contributed by atoms with Crippen LogP contribution in [0, 0.1) is 22.6 Å². The quantitative estimate of drug-likeness (QED) is 0.300. The van der Waals surface area contributed by atoms with Gasteiger partial charge in [-0.05, 0) is 50.3 Å². The number of nitriles is 1. The van der Waals surface area contributed by atoms with Gasteiger partial charge < -0.3 is 16.0 Å². The fourth-order valence-corrected chi connectivity index (χ4v) is 3.25. The van der Waals surface area contributed by atoms with Gasteiger partial charge in [0.25, 0.3) is 0 Å². The standard InChI is InChI=1S/C25H37FN6/c1-9-11-20(12-13-28-8)30-23-19(16-27)14-21(26)24(32-23)31-22(10-2)18(4)29-17(3)15-25(5,6)7/h9,11-14,18,22,29H,3,10,15H2,1-2,4-8H3,(H2,30,31,32)/b11-9+,20-12+,28-13-/t18-,22?/m0/s1. The molecular formula is C25H37FN6. The van der Waals surface area contributed by atoms with Gasteiger partial charge in [0.1, 0.15) is 6.07 Å². The number of hydrogen-bond donors (Lipinski definition) is 3. The number of hydrogen-bond acceptors (Lipinski definition) is 6. The van der Waals surface area contributed by atoms with E-state index in [1.165, 1.54) is 6.07 Å². The van der Waals surface area contributed by atoms with Gasteiger partial charge in [0, 0.05) is 36.7 Å². The van der Waals surface area contributed by atoms with Crippen LogP contribution in [0.3, 0.4) is 0 Å². The van der Waals surface area contributed by atoms with Crippen molar-refractivity contribution in [3.63, 3.8) is 0 Å². The molecule has 0 saturated carbocycles. The van der Waals surface area contributed by atoms with Crippen LogP contribution in [0.5, 0.6) is 0 Å². The SMILES string of the molecule is C=C(CC(C)(C)C)N[C@@H](C)C(CC)Nc1nc(NC(/C=C/C)=C/C=N\C)c(C#N)cc1F. The Labute approximate surface area is 192 Å². The number of rotatable bonds is 11. The summed E-state index contributed by atoms with van der Waals surface area (Å²) < 4.78 is 14.8. The molecule has 6 nitrogen and oxygen atoms in total. The number of nitrogens with zero attached hydrogens (tertiary/aromatic N) is 3. The molecule has 0 aliphatic carbocycles. The minimum Gasteiger partial charge on any atom is -0.384 e. The molecule has 1 aromatic rings. The van der Waals surface area contributed by atoms with Crippen LogP contribution in [0.4, 0.5) is 16.0 Å². The van der Waals surface area contributed by atoms with Crippen LogP contribution in [0.2, 0.25) is 0 Å². The number of pyridine rings is 1. The lowest BCUT2D eigenvalue weighted by molar-refractivity contribution is 0.385. The van der Waals surface area contributed by atoms with Crippen LogP contribution in [-0.4, -0.2) is 30.3 Å². The van der Waals surface area contributed by atoms with Crippen molar-refractivity contribution in [2.45, 2.75) is 66.5 Å². The average molecular weight is 441 g/mol. The normalized spacial score (nSPS) is 14.3. The highest BCUT2D eigenvalue weighted by atomic mass is 19.1. The number of aliphatic imine (C=N–C) groups is 1. The highest BCUT2D eigenvalue weighted by molar-refractivity contribution is 5.74. The van der Waals surface area contributed by atoms with Crippen molar-refractivity contribution in [2.75, 3.05) is 17.7 Å². The number of nitrogens with one attached hydrogen (secondary N) is 3. The molecule has 0 spiro atoms. The van der Waals surface area contributed by atoms with E-state index in [1.807, 2.05) is 39.0 Å². The van der Waals surface area contributed by atoms with Crippen LogP contribution in [0.25, 0.3) is 0 Å². The zero-order valence-corrected chi connectivity index (χ0v) is 20.4. The highest BCUT2D eigenvalue weighted by Gasteiger charge is 2.21. The lowest BCUT2D eigenvalue weighted by Crippen LogP contribution is -2.42. The van der Waals surface area contributed by atoms with Gasteiger partial charge in [0.15, 0.2) is 17.5 Å². The van der Waals surface area contributed by atoms with E-state index in [0.29, 0.717) is 5.70 Å². The van der Waals surface area contributed by atoms with Crippen LogP contribution in [-0.2, 0) is 0 Å². The second kappa shape index (κ2) is 12.7. The lowest BCUT2D eigenvalue weighted by Gasteiger charge is -2.29. The molecule has 174 valence electrons. The molecule has 0 saturated heterocycles. The summed E-state index contributed by atoms with van der Waals surface area (Å²) >= 11 is 0. The number of anilines is 2. The third-order valence-electron chi connectivity index (χ3n) is 4.65. The summed E-state index contributed by atoms with van der Waals surface area (Å²) in [6, 6.07) is 3.11. The van der Waals surface area contributed by atoms with Crippen molar-refractivity contribution in [3.05, 3.63) is 53.6 Å².